The third-order valence-corrected chi connectivity index (χ3v) is 6.73. The van der Waals surface area contributed by atoms with Crippen LogP contribution in [0.3, 0.4) is 0 Å². The SMILES string of the molecule is Cc1ccc(NC(=O)CSc2nc(=O)n(Cc3cccnc3)c3c2CCCC3)cc1Cl. The summed E-state index contributed by atoms with van der Waals surface area (Å²) in [6.07, 6.45) is 7.30. The number of carbonyl (C=O) groups excluding carboxylic acids is 1. The van der Waals surface area contributed by atoms with Gasteiger partial charge in [0.25, 0.3) is 0 Å². The minimum atomic E-state index is -0.280. The molecular weight excluding hydrogens is 432 g/mol. The summed E-state index contributed by atoms with van der Waals surface area (Å²) in [6.45, 7) is 2.37. The van der Waals surface area contributed by atoms with Crippen LogP contribution in [0.4, 0.5) is 5.69 Å². The van der Waals surface area contributed by atoms with Gasteiger partial charge in [0.2, 0.25) is 5.91 Å². The molecule has 3 aromatic rings. The molecule has 160 valence electrons. The summed E-state index contributed by atoms with van der Waals surface area (Å²) in [5.74, 6) is 0.0209. The summed E-state index contributed by atoms with van der Waals surface area (Å²) in [5, 5.41) is 4.13. The van der Waals surface area contributed by atoms with Crippen molar-refractivity contribution in [2.45, 2.75) is 44.2 Å². The number of anilines is 1. The molecule has 0 saturated heterocycles. The smallest absolute Gasteiger partial charge is 0.325 e. The lowest BCUT2D eigenvalue weighted by Crippen LogP contribution is -2.30. The van der Waals surface area contributed by atoms with Gasteiger partial charge in [0, 0.05) is 34.4 Å². The highest BCUT2D eigenvalue weighted by Crippen LogP contribution is 2.29. The van der Waals surface area contributed by atoms with Crippen LogP contribution in [0, 0.1) is 6.92 Å². The third kappa shape index (κ3) is 5.17. The van der Waals surface area contributed by atoms with E-state index in [1.54, 1.807) is 23.0 Å². The van der Waals surface area contributed by atoms with E-state index in [2.05, 4.69) is 15.3 Å². The average molecular weight is 455 g/mol. The molecule has 6 nitrogen and oxygen atoms in total. The Balaban J connectivity index is 1.52. The number of thioether (sulfide) groups is 1. The van der Waals surface area contributed by atoms with Gasteiger partial charge >= 0.3 is 5.69 Å². The number of carbonyl (C=O) groups is 1. The number of rotatable bonds is 6. The zero-order valence-corrected chi connectivity index (χ0v) is 18.8. The van der Waals surface area contributed by atoms with Crippen LogP contribution >= 0.6 is 23.4 Å². The number of pyridine rings is 1. The van der Waals surface area contributed by atoms with Gasteiger partial charge in [0.15, 0.2) is 0 Å². The zero-order valence-electron chi connectivity index (χ0n) is 17.2. The first-order chi connectivity index (χ1) is 15.0. The lowest BCUT2D eigenvalue weighted by atomic mass is 9.97. The molecule has 0 spiro atoms. The van der Waals surface area contributed by atoms with Crippen LogP contribution < -0.4 is 11.0 Å². The van der Waals surface area contributed by atoms with Crippen LogP contribution in [-0.4, -0.2) is 26.2 Å². The maximum Gasteiger partial charge on any atom is 0.349 e. The van der Waals surface area contributed by atoms with E-state index in [1.165, 1.54) is 11.8 Å². The lowest BCUT2D eigenvalue weighted by molar-refractivity contribution is -0.113. The van der Waals surface area contributed by atoms with Crippen molar-refractivity contribution in [1.82, 2.24) is 14.5 Å². The monoisotopic (exact) mass is 454 g/mol. The molecule has 0 bridgehead atoms. The van der Waals surface area contributed by atoms with Crippen LogP contribution in [0.25, 0.3) is 0 Å². The number of hydrogen-bond acceptors (Lipinski definition) is 5. The number of benzene rings is 1. The normalized spacial score (nSPS) is 13.0. The van der Waals surface area contributed by atoms with Gasteiger partial charge in [0.1, 0.15) is 5.03 Å². The fourth-order valence-electron chi connectivity index (χ4n) is 3.71. The summed E-state index contributed by atoms with van der Waals surface area (Å²) in [7, 11) is 0. The first-order valence-electron chi connectivity index (χ1n) is 10.2. The molecule has 0 radical (unpaired) electrons. The number of nitrogens with zero attached hydrogens (tertiary/aromatic N) is 3. The van der Waals surface area contributed by atoms with E-state index in [1.807, 2.05) is 31.2 Å². The standard InChI is InChI=1S/C23H23ClN4O2S/c1-15-8-9-17(11-19(15)24)26-21(29)14-31-22-18-6-2-3-7-20(18)28(23(30)27-22)13-16-5-4-10-25-12-16/h4-5,8-12H,2-3,6-7,13-14H2,1H3,(H,26,29). The summed E-state index contributed by atoms with van der Waals surface area (Å²) in [6, 6.07) is 9.25. The van der Waals surface area contributed by atoms with E-state index in [9.17, 15) is 9.59 Å². The van der Waals surface area contributed by atoms with Gasteiger partial charge in [-0.15, -0.1) is 0 Å². The van der Waals surface area contributed by atoms with E-state index in [4.69, 9.17) is 11.6 Å². The Morgan fingerprint density at radius 2 is 2.10 bits per heavy atom. The van der Waals surface area contributed by atoms with E-state index in [0.717, 1.165) is 48.1 Å². The Bertz CT molecular complexity index is 1160. The minimum Gasteiger partial charge on any atom is -0.325 e. The fraction of sp³-hybridized carbons (Fsp3) is 0.304. The maximum atomic E-state index is 12.8. The van der Waals surface area contributed by atoms with E-state index in [0.29, 0.717) is 22.3 Å². The molecule has 8 heteroatoms. The highest BCUT2D eigenvalue weighted by molar-refractivity contribution is 8.00. The minimum absolute atomic E-state index is 0.157. The van der Waals surface area contributed by atoms with Gasteiger partial charge in [0.05, 0.1) is 12.3 Å². The van der Waals surface area contributed by atoms with Gasteiger partial charge in [-0.05, 0) is 61.9 Å². The fourth-order valence-corrected chi connectivity index (χ4v) is 4.76. The Kier molecular flexibility index (Phi) is 6.73. The summed E-state index contributed by atoms with van der Waals surface area (Å²) in [5.41, 5.74) is 4.42. The van der Waals surface area contributed by atoms with Crippen LogP contribution in [0.5, 0.6) is 0 Å². The Morgan fingerprint density at radius 3 is 2.87 bits per heavy atom. The van der Waals surface area contributed by atoms with Crippen molar-refractivity contribution < 1.29 is 4.79 Å². The molecule has 1 N–H and O–H groups in total. The molecule has 1 aliphatic carbocycles. The second-order valence-electron chi connectivity index (χ2n) is 7.58. The van der Waals surface area contributed by atoms with Crippen LogP contribution in [0.2, 0.25) is 5.02 Å². The molecule has 0 atom stereocenters. The van der Waals surface area contributed by atoms with E-state index < -0.39 is 0 Å². The highest BCUT2D eigenvalue weighted by Gasteiger charge is 2.21. The second kappa shape index (κ2) is 9.66. The molecular formula is C23H23ClN4O2S. The maximum absolute atomic E-state index is 12.8. The molecule has 2 heterocycles. The third-order valence-electron chi connectivity index (χ3n) is 5.31. The van der Waals surface area contributed by atoms with Crippen LogP contribution in [-0.2, 0) is 24.2 Å². The number of fused-ring (bicyclic) bond motifs is 1. The number of halogens is 1. The molecule has 4 rings (SSSR count). The number of hydrogen-bond donors (Lipinski definition) is 1. The number of nitrogens with one attached hydrogen (secondary N) is 1. The van der Waals surface area contributed by atoms with Crippen molar-refractivity contribution in [3.8, 4) is 0 Å². The largest absolute Gasteiger partial charge is 0.349 e. The quantitative estimate of drug-likeness (QED) is 0.445. The topological polar surface area (TPSA) is 76.9 Å². The summed E-state index contributed by atoms with van der Waals surface area (Å²) < 4.78 is 1.75. The Morgan fingerprint density at radius 1 is 1.26 bits per heavy atom. The number of aromatic nitrogens is 3. The predicted octanol–water partition coefficient (Wildman–Crippen LogP) is 4.26. The van der Waals surface area contributed by atoms with Gasteiger partial charge in [-0.2, -0.15) is 4.98 Å². The highest BCUT2D eigenvalue weighted by atomic mass is 35.5. The molecule has 0 aliphatic heterocycles. The van der Waals surface area contributed by atoms with Gasteiger partial charge in [-0.3, -0.25) is 14.3 Å². The first-order valence-corrected chi connectivity index (χ1v) is 11.6. The Labute approximate surface area is 190 Å². The second-order valence-corrected chi connectivity index (χ2v) is 8.95. The summed E-state index contributed by atoms with van der Waals surface area (Å²) >= 11 is 7.45. The molecule has 2 aromatic heterocycles. The van der Waals surface area contributed by atoms with Crippen molar-refractivity contribution in [2.24, 2.45) is 0 Å². The van der Waals surface area contributed by atoms with Crippen molar-refractivity contribution in [3.63, 3.8) is 0 Å². The van der Waals surface area contributed by atoms with Gasteiger partial charge < -0.3 is 5.32 Å². The molecule has 31 heavy (non-hydrogen) atoms. The van der Waals surface area contributed by atoms with Gasteiger partial charge in [-0.1, -0.05) is 35.5 Å². The molecule has 1 amide bonds. The lowest BCUT2D eigenvalue weighted by Gasteiger charge is -2.22. The number of amides is 1. The molecule has 1 aromatic carbocycles. The van der Waals surface area contributed by atoms with Crippen molar-refractivity contribution >= 4 is 35.0 Å². The van der Waals surface area contributed by atoms with Crippen LogP contribution in [0.1, 0.15) is 35.2 Å². The Hall–Kier alpha value is -2.64. The zero-order chi connectivity index (χ0) is 21.8. The number of aryl methyl sites for hydroxylation is 1. The van der Waals surface area contributed by atoms with Crippen molar-refractivity contribution in [1.29, 1.82) is 0 Å². The van der Waals surface area contributed by atoms with Gasteiger partial charge in [-0.25, -0.2) is 4.79 Å². The first kappa shape index (κ1) is 21.6. The molecule has 1 aliphatic rings. The molecule has 0 unspecified atom stereocenters. The average Bonchev–Trinajstić information content (AvgIpc) is 2.78. The predicted molar refractivity (Wildman–Crippen MR) is 124 cm³/mol. The van der Waals surface area contributed by atoms with Crippen LogP contribution in [0.15, 0.2) is 52.5 Å². The van der Waals surface area contributed by atoms with Crippen molar-refractivity contribution in [3.05, 3.63) is 80.6 Å². The van der Waals surface area contributed by atoms with E-state index in [-0.39, 0.29) is 17.3 Å². The summed E-state index contributed by atoms with van der Waals surface area (Å²) in [4.78, 5) is 33.8. The molecule has 0 saturated carbocycles. The van der Waals surface area contributed by atoms with E-state index >= 15 is 0 Å². The molecule has 0 fully saturated rings. The van der Waals surface area contributed by atoms with Crippen molar-refractivity contribution in [2.75, 3.05) is 11.1 Å².